The van der Waals surface area contributed by atoms with Gasteiger partial charge in [-0.25, -0.2) is 4.79 Å². The molecule has 1 aliphatic rings. The SMILES string of the molecule is CC(=O)CCC(=O)NCC(=O)Cc1ccc(COC(=O)C(C)C)cc1.CC(C)C(=O)OCc1ccc(O[C@@H]2O[C@H](C(=O)O)[C@@H](O)[C@H](O)[C@H]2O)cc1. The predicted molar refractivity (Wildman–Crippen MR) is 179 cm³/mol. The molecule has 15 heteroatoms. The van der Waals surface area contributed by atoms with Gasteiger partial charge < -0.3 is 49.5 Å². The number of aliphatic carboxylic acids is 1. The summed E-state index contributed by atoms with van der Waals surface area (Å²) in [6.45, 7) is 8.67. The Morgan fingerprint density at radius 2 is 1.22 bits per heavy atom. The minimum absolute atomic E-state index is 0.0511. The number of carbonyl (C=O) groups is 6. The first-order valence-electron chi connectivity index (χ1n) is 16.3. The van der Waals surface area contributed by atoms with Gasteiger partial charge in [-0.3, -0.25) is 19.2 Å². The molecule has 1 saturated heterocycles. The molecule has 2 aromatic carbocycles. The van der Waals surface area contributed by atoms with Gasteiger partial charge in [-0.05, 0) is 35.7 Å². The Labute approximate surface area is 295 Å². The van der Waals surface area contributed by atoms with Crippen LogP contribution in [-0.2, 0) is 62.6 Å². The van der Waals surface area contributed by atoms with Crippen LogP contribution < -0.4 is 10.1 Å². The van der Waals surface area contributed by atoms with Crippen LogP contribution in [0.25, 0.3) is 0 Å². The molecule has 3 rings (SSSR count). The van der Waals surface area contributed by atoms with Crippen molar-refractivity contribution in [3.63, 3.8) is 0 Å². The number of rotatable bonds is 16. The molecule has 1 heterocycles. The van der Waals surface area contributed by atoms with Crippen molar-refractivity contribution < 1.29 is 68.1 Å². The zero-order chi connectivity index (χ0) is 38.2. The van der Waals surface area contributed by atoms with E-state index in [1.807, 2.05) is 12.1 Å². The molecule has 0 aromatic heterocycles. The van der Waals surface area contributed by atoms with Crippen molar-refractivity contribution in [1.82, 2.24) is 5.32 Å². The standard InChI is InChI=1S/C19H25NO5.C17H22O9/c1-13(2)19(24)25-12-16-7-5-15(6-8-16)10-17(22)11-20-18(23)9-4-14(3)21;1-8(2)16(23)24-7-9-3-5-10(6-4-9)25-17-13(20)11(18)12(19)14(26-17)15(21)22/h5-8,13H,4,9-12H2,1-3H3,(H,20,23);3-6,8,11-14,17-20H,7H2,1-2H3,(H,21,22)/t;11-,12-,13+,14-,17+/m.0/s1. The molecule has 2 aromatic rings. The van der Waals surface area contributed by atoms with Crippen molar-refractivity contribution in [2.75, 3.05) is 6.54 Å². The highest BCUT2D eigenvalue weighted by Gasteiger charge is 2.48. The fourth-order valence-electron chi connectivity index (χ4n) is 4.21. The second-order valence-corrected chi connectivity index (χ2v) is 12.5. The van der Waals surface area contributed by atoms with Crippen LogP contribution >= 0.6 is 0 Å². The molecule has 15 nitrogen and oxygen atoms in total. The van der Waals surface area contributed by atoms with Gasteiger partial charge in [0.1, 0.15) is 43.1 Å². The van der Waals surface area contributed by atoms with Crippen LogP contribution in [0, 0.1) is 11.8 Å². The zero-order valence-corrected chi connectivity index (χ0v) is 29.3. The molecular weight excluding hydrogens is 670 g/mol. The molecule has 0 saturated carbocycles. The van der Waals surface area contributed by atoms with E-state index in [0.717, 1.165) is 11.1 Å². The van der Waals surface area contributed by atoms with Crippen LogP contribution in [0.5, 0.6) is 5.75 Å². The van der Waals surface area contributed by atoms with Crippen molar-refractivity contribution in [3.8, 4) is 5.75 Å². The third kappa shape index (κ3) is 15.0. The number of ether oxygens (including phenoxy) is 4. The Balaban J connectivity index is 0.000000354. The maximum atomic E-state index is 11.9. The number of hydrogen-bond acceptors (Lipinski definition) is 13. The molecule has 0 spiro atoms. The van der Waals surface area contributed by atoms with Crippen molar-refractivity contribution in [2.24, 2.45) is 11.8 Å². The maximum absolute atomic E-state index is 11.9. The van der Waals surface area contributed by atoms with Gasteiger partial charge in [-0.2, -0.15) is 0 Å². The van der Waals surface area contributed by atoms with Crippen LogP contribution in [0.3, 0.4) is 0 Å². The predicted octanol–water partition coefficient (Wildman–Crippen LogP) is 1.64. The number of benzene rings is 2. The minimum Gasteiger partial charge on any atom is -0.479 e. The summed E-state index contributed by atoms with van der Waals surface area (Å²) < 4.78 is 20.6. The number of esters is 2. The lowest BCUT2D eigenvalue weighted by Crippen LogP contribution is -2.61. The molecule has 5 atom stereocenters. The Hall–Kier alpha value is -4.70. The van der Waals surface area contributed by atoms with Crippen LogP contribution in [0.15, 0.2) is 48.5 Å². The summed E-state index contributed by atoms with van der Waals surface area (Å²) in [6, 6.07) is 13.5. The van der Waals surface area contributed by atoms with Gasteiger partial charge in [-0.15, -0.1) is 0 Å². The molecule has 0 unspecified atom stereocenters. The van der Waals surface area contributed by atoms with Gasteiger partial charge in [-0.1, -0.05) is 64.1 Å². The Kier molecular flexibility index (Phi) is 17.4. The average molecular weight is 718 g/mol. The molecule has 1 aliphatic heterocycles. The number of nitrogens with one attached hydrogen (secondary N) is 1. The van der Waals surface area contributed by atoms with E-state index in [2.05, 4.69) is 5.32 Å². The molecule has 1 fully saturated rings. The van der Waals surface area contributed by atoms with Crippen LogP contribution in [0.2, 0.25) is 0 Å². The minimum atomic E-state index is -1.78. The second kappa shape index (κ2) is 20.8. The first-order valence-corrected chi connectivity index (χ1v) is 16.3. The summed E-state index contributed by atoms with van der Waals surface area (Å²) >= 11 is 0. The van der Waals surface area contributed by atoms with E-state index in [1.165, 1.54) is 19.1 Å². The summed E-state index contributed by atoms with van der Waals surface area (Å²) in [5.74, 6) is -2.69. The molecule has 0 radical (unpaired) electrons. The van der Waals surface area contributed by atoms with Gasteiger partial charge in [0.2, 0.25) is 12.2 Å². The summed E-state index contributed by atoms with van der Waals surface area (Å²) in [4.78, 5) is 68.1. The van der Waals surface area contributed by atoms with Crippen molar-refractivity contribution in [3.05, 3.63) is 65.2 Å². The van der Waals surface area contributed by atoms with E-state index in [9.17, 15) is 44.1 Å². The summed E-state index contributed by atoms with van der Waals surface area (Å²) in [7, 11) is 0. The number of Topliss-reactive ketones (excluding diaryl/α,β-unsaturated/α-hetero) is 2. The van der Waals surface area contributed by atoms with Crippen molar-refractivity contribution in [2.45, 2.75) is 97.8 Å². The van der Waals surface area contributed by atoms with Crippen LogP contribution in [0.1, 0.15) is 64.2 Å². The number of carboxylic acid groups (broad SMARTS) is 1. The molecular formula is C36H47NO14. The van der Waals surface area contributed by atoms with Crippen molar-refractivity contribution >= 4 is 35.4 Å². The number of aliphatic hydroxyl groups excluding tert-OH is 3. The van der Waals surface area contributed by atoms with E-state index in [0.29, 0.717) is 5.56 Å². The number of aliphatic hydroxyl groups is 3. The van der Waals surface area contributed by atoms with Gasteiger partial charge in [0, 0.05) is 19.3 Å². The Morgan fingerprint density at radius 3 is 1.69 bits per heavy atom. The number of amides is 1. The summed E-state index contributed by atoms with van der Waals surface area (Å²) in [5, 5.41) is 40.8. The Bertz CT molecular complexity index is 1470. The van der Waals surface area contributed by atoms with Gasteiger partial charge in [0.15, 0.2) is 11.9 Å². The van der Waals surface area contributed by atoms with E-state index in [4.69, 9.17) is 24.1 Å². The molecule has 5 N–H and O–H groups in total. The topological polar surface area (TPSA) is 232 Å². The first kappa shape index (κ1) is 42.5. The second-order valence-electron chi connectivity index (χ2n) is 12.5. The highest BCUT2D eigenvalue weighted by molar-refractivity contribution is 5.89. The third-order valence-electron chi connectivity index (χ3n) is 7.30. The third-order valence-corrected chi connectivity index (χ3v) is 7.30. The van der Waals surface area contributed by atoms with E-state index < -0.39 is 36.7 Å². The van der Waals surface area contributed by atoms with Gasteiger partial charge in [0.25, 0.3) is 0 Å². The van der Waals surface area contributed by atoms with Crippen molar-refractivity contribution in [1.29, 1.82) is 0 Å². The maximum Gasteiger partial charge on any atom is 0.335 e. The van der Waals surface area contributed by atoms with E-state index >= 15 is 0 Å². The smallest absolute Gasteiger partial charge is 0.335 e. The zero-order valence-electron chi connectivity index (χ0n) is 29.3. The van der Waals surface area contributed by atoms with Crippen LogP contribution in [0.4, 0.5) is 0 Å². The highest BCUT2D eigenvalue weighted by atomic mass is 16.7. The van der Waals surface area contributed by atoms with E-state index in [1.54, 1.807) is 52.0 Å². The molecule has 0 aliphatic carbocycles. The number of carboxylic acids is 1. The molecule has 51 heavy (non-hydrogen) atoms. The van der Waals surface area contributed by atoms with E-state index in [-0.39, 0.29) is 86.0 Å². The molecule has 0 bridgehead atoms. The average Bonchev–Trinajstić information content (AvgIpc) is 3.09. The van der Waals surface area contributed by atoms with Gasteiger partial charge >= 0.3 is 17.9 Å². The molecule has 1 amide bonds. The fraction of sp³-hybridized carbons (Fsp3) is 0.500. The lowest BCUT2D eigenvalue weighted by Gasteiger charge is -2.38. The monoisotopic (exact) mass is 717 g/mol. The quantitative estimate of drug-likeness (QED) is 0.156. The van der Waals surface area contributed by atoms with Crippen LogP contribution in [-0.4, -0.2) is 93.1 Å². The largest absolute Gasteiger partial charge is 0.479 e. The normalized spacial score (nSPS) is 19.7. The fourth-order valence-corrected chi connectivity index (χ4v) is 4.21. The Morgan fingerprint density at radius 1 is 0.725 bits per heavy atom. The number of hydrogen-bond donors (Lipinski definition) is 5. The first-order chi connectivity index (χ1) is 24.0. The lowest BCUT2D eigenvalue weighted by atomic mass is 9.99. The number of ketones is 2. The summed E-state index contributed by atoms with van der Waals surface area (Å²) in [6.07, 6.45) is -7.85. The van der Waals surface area contributed by atoms with Gasteiger partial charge in [0.05, 0.1) is 18.4 Å². The lowest BCUT2D eigenvalue weighted by molar-refractivity contribution is -0.271. The summed E-state index contributed by atoms with van der Waals surface area (Å²) in [5.41, 5.74) is 2.37. The number of carbonyl (C=O) groups excluding carboxylic acids is 5. The molecule has 280 valence electrons. The highest BCUT2D eigenvalue weighted by Crippen LogP contribution is 2.25.